The number of aliphatic carboxylic acids is 1. The first-order valence-corrected chi connectivity index (χ1v) is 9.40. The molecule has 1 N–H and O–H groups in total. The first kappa shape index (κ1) is 20.1. The summed E-state index contributed by atoms with van der Waals surface area (Å²) >= 11 is 0. The number of hydrogen-bond acceptors (Lipinski definition) is 4. The highest BCUT2D eigenvalue weighted by atomic mass is 16.5. The molecule has 1 aromatic carbocycles. The molecule has 0 spiro atoms. The van der Waals surface area contributed by atoms with Gasteiger partial charge in [0.2, 0.25) is 0 Å². The third-order valence-electron chi connectivity index (χ3n) is 4.80. The molecule has 2 atom stereocenters. The van der Waals surface area contributed by atoms with Gasteiger partial charge in [-0.1, -0.05) is 20.3 Å². The maximum Gasteiger partial charge on any atom is 0.341 e. The summed E-state index contributed by atoms with van der Waals surface area (Å²) < 4.78 is 10.8. The maximum atomic E-state index is 13.0. The van der Waals surface area contributed by atoms with Crippen LogP contribution in [-0.4, -0.2) is 47.7 Å². The molecule has 6 heteroatoms. The Bertz CT molecular complexity index is 631. The molecule has 1 saturated heterocycles. The lowest BCUT2D eigenvalue weighted by Gasteiger charge is -2.30. The van der Waals surface area contributed by atoms with Gasteiger partial charge in [0.15, 0.2) is 18.1 Å². The number of carbonyl (C=O) groups is 2. The number of benzene rings is 1. The molecule has 2 unspecified atom stereocenters. The molecule has 1 fully saturated rings. The van der Waals surface area contributed by atoms with Crippen molar-refractivity contribution in [2.45, 2.75) is 52.5 Å². The van der Waals surface area contributed by atoms with Crippen molar-refractivity contribution in [2.24, 2.45) is 5.92 Å². The summed E-state index contributed by atoms with van der Waals surface area (Å²) in [6.45, 7) is 6.95. The molecule has 1 aromatic rings. The second-order valence-corrected chi connectivity index (χ2v) is 6.75. The van der Waals surface area contributed by atoms with Crippen LogP contribution in [0.3, 0.4) is 0 Å². The molecule has 1 amide bonds. The lowest BCUT2D eigenvalue weighted by atomic mass is 9.94. The third-order valence-corrected chi connectivity index (χ3v) is 4.80. The van der Waals surface area contributed by atoms with E-state index in [1.165, 1.54) is 0 Å². The minimum Gasteiger partial charge on any atom is -0.490 e. The fraction of sp³-hybridized carbons (Fsp3) is 0.600. The Balaban J connectivity index is 2.19. The van der Waals surface area contributed by atoms with E-state index in [0.717, 1.165) is 32.2 Å². The van der Waals surface area contributed by atoms with Crippen LogP contribution >= 0.6 is 0 Å². The van der Waals surface area contributed by atoms with E-state index < -0.39 is 12.6 Å². The van der Waals surface area contributed by atoms with Crippen molar-refractivity contribution in [3.8, 4) is 11.5 Å². The SMILES string of the molecule is CCCC(C)C1CCCN1C(=O)c1ccc(OCC(=O)O)c(OCC)c1. The third kappa shape index (κ3) is 4.90. The number of amides is 1. The number of nitrogens with zero attached hydrogens (tertiary/aromatic N) is 1. The van der Waals surface area contributed by atoms with Gasteiger partial charge in [-0.2, -0.15) is 0 Å². The van der Waals surface area contributed by atoms with Crippen molar-refractivity contribution < 1.29 is 24.2 Å². The highest BCUT2D eigenvalue weighted by molar-refractivity contribution is 5.95. The van der Waals surface area contributed by atoms with Crippen LogP contribution in [0.1, 0.15) is 56.8 Å². The number of hydrogen-bond donors (Lipinski definition) is 1. The summed E-state index contributed by atoms with van der Waals surface area (Å²) in [4.78, 5) is 25.7. The second-order valence-electron chi connectivity index (χ2n) is 6.75. The molecule has 1 aliphatic rings. The highest BCUT2D eigenvalue weighted by Crippen LogP contribution is 2.32. The van der Waals surface area contributed by atoms with Crippen molar-refractivity contribution in [1.29, 1.82) is 0 Å². The minimum atomic E-state index is -1.06. The molecule has 0 radical (unpaired) electrons. The molecule has 0 aromatic heterocycles. The minimum absolute atomic E-state index is 0.00110. The normalized spacial score (nSPS) is 17.8. The number of carbonyl (C=O) groups excluding carboxylic acids is 1. The van der Waals surface area contributed by atoms with Crippen molar-refractivity contribution in [2.75, 3.05) is 19.8 Å². The molecule has 0 bridgehead atoms. The maximum absolute atomic E-state index is 13.0. The van der Waals surface area contributed by atoms with Gasteiger partial charge in [0.25, 0.3) is 5.91 Å². The van der Waals surface area contributed by atoms with Crippen molar-refractivity contribution in [3.63, 3.8) is 0 Å². The van der Waals surface area contributed by atoms with E-state index in [1.54, 1.807) is 18.2 Å². The van der Waals surface area contributed by atoms with Gasteiger partial charge in [0.1, 0.15) is 0 Å². The molecule has 6 nitrogen and oxygen atoms in total. The zero-order valence-electron chi connectivity index (χ0n) is 15.9. The molecule has 2 rings (SSSR count). The predicted molar refractivity (Wildman–Crippen MR) is 98.9 cm³/mol. The van der Waals surface area contributed by atoms with Crippen LogP contribution in [0.4, 0.5) is 0 Å². The lowest BCUT2D eigenvalue weighted by molar-refractivity contribution is -0.139. The van der Waals surface area contributed by atoms with Crippen molar-refractivity contribution in [3.05, 3.63) is 23.8 Å². The van der Waals surface area contributed by atoms with E-state index in [9.17, 15) is 9.59 Å². The summed E-state index contributed by atoms with van der Waals surface area (Å²) in [5, 5.41) is 8.78. The zero-order valence-corrected chi connectivity index (χ0v) is 15.9. The standard InChI is InChI=1S/C20H29NO5/c1-4-7-14(3)16-8-6-11-21(16)20(24)15-9-10-17(26-13-19(22)23)18(12-15)25-5-2/h9-10,12,14,16H,4-8,11,13H2,1-3H3,(H,22,23). The molecule has 144 valence electrons. The van der Waals surface area contributed by atoms with E-state index in [2.05, 4.69) is 13.8 Å². The number of ether oxygens (including phenoxy) is 2. The van der Waals surface area contributed by atoms with Gasteiger partial charge in [0.05, 0.1) is 6.61 Å². The fourth-order valence-corrected chi connectivity index (χ4v) is 3.62. The molecular weight excluding hydrogens is 334 g/mol. The average molecular weight is 363 g/mol. The summed E-state index contributed by atoms with van der Waals surface area (Å²) in [6.07, 6.45) is 4.30. The van der Waals surface area contributed by atoms with Crippen LogP contribution in [0.25, 0.3) is 0 Å². The Morgan fingerprint density at radius 1 is 1.27 bits per heavy atom. The van der Waals surface area contributed by atoms with Gasteiger partial charge in [-0.05, 0) is 50.3 Å². The number of carboxylic acids is 1. The molecule has 0 aliphatic carbocycles. The van der Waals surface area contributed by atoms with E-state index in [1.807, 2.05) is 11.8 Å². The first-order valence-electron chi connectivity index (χ1n) is 9.40. The molecule has 1 aliphatic heterocycles. The van der Waals surface area contributed by atoms with Crippen LogP contribution in [0.2, 0.25) is 0 Å². The molecule has 0 saturated carbocycles. The van der Waals surface area contributed by atoms with Gasteiger partial charge in [-0.25, -0.2) is 4.79 Å². The summed E-state index contributed by atoms with van der Waals surface area (Å²) in [7, 11) is 0. The molecular formula is C20H29NO5. The van der Waals surface area contributed by atoms with E-state index in [0.29, 0.717) is 29.6 Å². The van der Waals surface area contributed by atoms with Gasteiger partial charge in [0, 0.05) is 18.2 Å². The second kappa shape index (κ2) is 9.46. The largest absolute Gasteiger partial charge is 0.490 e. The number of carboxylic acid groups (broad SMARTS) is 1. The average Bonchev–Trinajstić information content (AvgIpc) is 3.10. The van der Waals surface area contributed by atoms with Gasteiger partial charge in [-0.3, -0.25) is 4.79 Å². The Hall–Kier alpha value is -2.24. The van der Waals surface area contributed by atoms with E-state index in [4.69, 9.17) is 14.6 Å². The predicted octanol–water partition coefficient (Wildman–Crippen LogP) is 3.59. The van der Waals surface area contributed by atoms with Crippen LogP contribution < -0.4 is 9.47 Å². The van der Waals surface area contributed by atoms with E-state index >= 15 is 0 Å². The smallest absolute Gasteiger partial charge is 0.341 e. The monoisotopic (exact) mass is 363 g/mol. The van der Waals surface area contributed by atoms with E-state index in [-0.39, 0.29) is 11.9 Å². The zero-order chi connectivity index (χ0) is 19.1. The summed E-state index contributed by atoms with van der Waals surface area (Å²) in [6, 6.07) is 5.23. The van der Waals surface area contributed by atoms with Gasteiger partial charge >= 0.3 is 5.97 Å². The fourth-order valence-electron chi connectivity index (χ4n) is 3.62. The van der Waals surface area contributed by atoms with Gasteiger partial charge in [-0.15, -0.1) is 0 Å². The van der Waals surface area contributed by atoms with Crippen LogP contribution in [0, 0.1) is 5.92 Å². The van der Waals surface area contributed by atoms with Crippen LogP contribution in [0.15, 0.2) is 18.2 Å². The van der Waals surface area contributed by atoms with Crippen molar-refractivity contribution in [1.82, 2.24) is 4.90 Å². The first-order chi connectivity index (χ1) is 12.5. The topological polar surface area (TPSA) is 76.1 Å². The van der Waals surface area contributed by atoms with Crippen LogP contribution in [0.5, 0.6) is 11.5 Å². The molecule has 1 heterocycles. The Morgan fingerprint density at radius 3 is 2.69 bits per heavy atom. The quantitative estimate of drug-likeness (QED) is 0.725. The lowest BCUT2D eigenvalue weighted by Crippen LogP contribution is -2.39. The van der Waals surface area contributed by atoms with Gasteiger partial charge < -0.3 is 19.5 Å². The number of likely N-dealkylation sites (tertiary alicyclic amines) is 1. The summed E-state index contributed by atoms with van der Waals surface area (Å²) in [5.74, 6) is 0.162. The molecule has 26 heavy (non-hydrogen) atoms. The Kier molecular flexibility index (Phi) is 7.30. The summed E-state index contributed by atoms with van der Waals surface area (Å²) in [5.41, 5.74) is 0.548. The Labute approximate surface area is 155 Å². The number of rotatable bonds is 9. The van der Waals surface area contributed by atoms with Crippen LogP contribution in [-0.2, 0) is 4.79 Å². The Morgan fingerprint density at radius 2 is 2.04 bits per heavy atom. The highest BCUT2D eigenvalue weighted by Gasteiger charge is 2.33. The van der Waals surface area contributed by atoms with Crippen molar-refractivity contribution >= 4 is 11.9 Å².